The Morgan fingerprint density at radius 2 is 1.84 bits per heavy atom. The summed E-state index contributed by atoms with van der Waals surface area (Å²) in [5.41, 5.74) is 0. The lowest BCUT2D eigenvalue weighted by atomic mass is 10.1. The summed E-state index contributed by atoms with van der Waals surface area (Å²) in [5.74, 6) is -2.55. The van der Waals surface area contributed by atoms with Crippen molar-refractivity contribution in [2.45, 2.75) is 32.2 Å². The number of rotatable bonds is 8. The summed E-state index contributed by atoms with van der Waals surface area (Å²) in [7, 11) is 1.20. The number of hydrogen-bond acceptors (Lipinski definition) is 5. The number of carbonyl (C=O) groups is 4. The Morgan fingerprint density at radius 3 is 2.32 bits per heavy atom. The molecule has 0 heterocycles. The number of methoxy groups -OCH3 is 1. The fourth-order valence-corrected chi connectivity index (χ4v) is 1.24. The zero-order chi connectivity index (χ0) is 14.8. The highest BCUT2D eigenvalue weighted by Gasteiger charge is 2.20. The number of amides is 2. The number of aliphatic carboxylic acids is 1. The molecule has 0 rings (SSSR count). The molecule has 2 amide bonds. The molecule has 0 aromatic rings. The minimum absolute atomic E-state index is 0.0262. The molecule has 19 heavy (non-hydrogen) atoms. The third-order valence-corrected chi connectivity index (χ3v) is 2.22. The van der Waals surface area contributed by atoms with Gasteiger partial charge in [-0.25, -0.2) is 4.79 Å². The van der Waals surface area contributed by atoms with Gasteiger partial charge in [-0.1, -0.05) is 0 Å². The number of ether oxygens (including phenoxy) is 1. The van der Waals surface area contributed by atoms with E-state index in [4.69, 9.17) is 5.11 Å². The second-order valence-electron chi connectivity index (χ2n) is 3.81. The summed E-state index contributed by atoms with van der Waals surface area (Å²) in [6.45, 7) is 1.44. The molecule has 0 aromatic heterocycles. The van der Waals surface area contributed by atoms with Crippen LogP contribution >= 0.6 is 0 Å². The monoisotopic (exact) mass is 274 g/mol. The average Bonchev–Trinajstić information content (AvgIpc) is 2.33. The van der Waals surface area contributed by atoms with E-state index in [0.717, 1.165) is 0 Å². The maximum absolute atomic E-state index is 11.4. The van der Waals surface area contributed by atoms with Crippen LogP contribution in [0, 0.1) is 0 Å². The lowest BCUT2D eigenvalue weighted by molar-refractivity contribution is -0.144. The van der Waals surface area contributed by atoms with Crippen molar-refractivity contribution >= 4 is 23.8 Å². The first-order chi connectivity index (χ1) is 8.86. The summed E-state index contributed by atoms with van der Waals surface area (Å²) in [6, 6.07) is -1.15. The summed E-state index contributed by atoms with van der Waals surface area (Å²) >= 11 is 0. The molecule has 8 nitrogen and oxygen atoms in total. The maximum atomic E-state index is 11.4. The molecule has 0 saturated carbocycles. The highest BCUT2D eigenvalue weighted by molar-refractivity contribution is 5.84. The molecule has 0 aliphatic heterocycles. The molecule has 0 aliphatic rings. The van der Waals surface area contributed by atoms with Gasteiger partial charge < -0.3 is 20.5 Å². The van der Waals surface area contributed by atoms with Crippen LogP contribution in [0.3, 0.4) is 0 Å². The Morgan fingerprint density at radius 1 is 1.21 bits per heavy atom. The van der Waals surface area contributed by atoms with Crippen LogP contribution in [0.15, 0.2) is 0 Å². The minimum Gasteiger partial charge on any atom is -0.480 e. The molecule has 108 valence electrons. The zero-order valence-electron chi connectivity index (χ0n) is 10.9. The number of carbonyl (C=O) groups excluding carboxylic acids is 3. The highest BCUT2D eigenvalue weighted by Crippen LogP contribution is 2.00. The first kappa shape index (κ1) is 16.9. The van der Waals surface area contributed by atoms with Crippen molar-refractivity contribution in [2.24, 2.45) is 0 Å². The Balaban J connectivity index is 4.12. The van der Waals surface area contributed by atoms with Crippen molar-refractivity contribution in [3.05, 3.63) is 0 Å². The maximum Gasteiger partial charge on any atom is 0.326 e. The normalized spacial score (nSPS) is 11.3. The second-order valence-corrected chi connectivity index (χ2v) is 3.81. The van der Waals surface area contributed by atoms with Gasteiger partial charge in [0.15, 0.2) is 0 Å². The number of carboxylic acids is 1. The molecule has 0 spiro atoms. The molecule has 0 bridgehead atoms. The number of carboxylic acid groups (broad SMARTS) is 1. The van der Waals surface area contributed by atoms with Crippen LogP contribution < -0.4 is 10.6 Å². The standard InChI is InChI=1S/C11H18N2O6/c1-7(14)12-6-5-9(15)13-8(11(17)18)3-4-10(16)19-2/h8H,3-6H2,1-2H3,(H,12,14)(H,13,15)(H,17,18)/t8-/m1/s1. The van der Waals surface area contributed by atoms with Gasteiger partial charge in [0.2, 0.25) is 11.8 Å². The van der Waals surface area contributed by atoms with Gasteiger partial charge in [-0.15, -0.1) is 0 Å². The summed E-state index contributed by atoms with van der Waals surface area (Å²) < 4.78 is 4.38. The predicted octanol–water partition coefficient (Wildman–Crippen LogP) is -0.965. The summed E-state index contributed by atoms with van der Waals surface area (Å²) in [4.78, 5) is 43.8. The fraction of sp³-hybridized carbons (Fsp3) is 0.636. The van der Waals surface area contributed by atoms with Crippen molar-refractivity contribution in [3.8, 4) is 0 Å². The Kier molecular flexibility index (Phi) is 7.90. The van der Waals surface area contributed by atoms with Crippen molar-refractivity contribution < 1.29 is 29.0 Å². The SMILES string of the molecule is COC(=O)CC[C@@H](NC(=O)CCNC(C)=O)C(=O)O. The Bertz CT molecular complexity index is 355. The van der Waals surface area contributed by atoms with E-state index in [2.05, 4.69) is 15.4 Å². The minimum atomic E-state index is -1.23. The molecule has 0 saturated heterocycles. The fourth-order valence-electron chi connectivity index (χ4n) is 1.24. The zero-order valence-corrected chi connectivity index (χ0v) is 10.9. The molecule has 0 radical (unpaired) electrons. The van der Waals surface area contributed by atoms with Gasteiger partial charge in [0, 0.05) is 26.3 Å². The first-order valence-electron chi connectivity index (χ1n) is 5.70. The van der Waals surface area contributed by atoms with E-state index >= 15 is 0 Å². The molecule has 1 atom stereocenters. The lowest BCUT2D eigenvalue weighted by Gasteiger charge is -2.13. The molecule has 0 aliphatic carbocycles. The smallest absolute Gasteiger partial charge is 0.326 e. The predicted molar refractivity (Wildman–Crippen MR) is 64.1 cm³/mol. The quantitative estimate of drug-likeness (QED) is 0.490. The van der Waals surface area contributed by atoms with Crippen LogP contribution in [0.1, 0.15) is 26.2 Å². The number of nitrogens with one attached hydrogen (secondary N) is 2. The van der Waals surface area contributed by atoms with Crippen molar-refractivity contribution in [2.75, 3.05) is 13.7 Å². The third-order valence-electron chi connectivity index (χ3n) is 2.22. The van der Waals surface area contributed by atoms with Gasteiger partial charge in [-0.05, 0) is 6.42 Å². The van der Waals surface area contributed by atoms with Crippen LogP contribution in [0.4, 0.5) is 0 Å². The van der Waals surface area contributed by atoms with Crippen LogP contribution in [0.2, 0.25) is 0 Å². The second kappa shape index (κ2) is 8.90. The van der Waals surface area contributed by atoms with Gasteiger partial charge >= 0.3 is 11.9 Å². The Hall–Kier alpha value is -2.12. The van der Waals surface area contributed by atoms with Crippen molar-refractivity contribution in [1.82, 2.24) is 10.6 Å². The van der Waals surface area contributed by atoms with E-state index in [0.29, 0.717) is 0 Å². The third kappa shape index (κ3) is 8.58. The van der Waals surface area contributed by atoms with Gasteiger partial charge in [0.25, 0.3) is 0 Å². The van der Waals surface area contributed by atoms with E-state index in [9.17, 15) is 19.2 Å². The van der Waals surface area contributed by atoms with Gasteiger partial charge in [-0.2, -0.15) is 0 Å². The van der Waals surface area contributed by atoms with Crippen LogP contribution in [-0.4, -0.2) is 48.6 Å². The first-order valence-corrected chi connectivity index (χ1v) is 5.70. The Labute approximate surface area is 110 Å². The van der Waals surface area contributed by atoms with E-state index in [1.807, 2.05) is 0 Å². The van der Waals surface area contributed by atoms with Gasteiger partial charge in [0.05, 0.1) is 7.11 Å². The highest BCUT2D eigenvalue weighted by atomic mass is 16.5. The summed E-state index contributed by atoms with van der Waals surface area (Å²) in [6.07, 6.45) is -0.172. The van der Waals surface area contributed by atoms with Crippen molar-refractivity contribution in [3.63, 3.8) is 0 Å². The molecule has 3 N–H and O–H groups in total. The molecule has 8 heteroatoms. The number of hydrogen-bond donors (Lipinski definition) is 3. The molecular weight excluding hydrogens is 256 g/mol. The number of esters is 1. The van der Waals surface area contributed by atoms with Crippen molar-refractivity contribution in [1.29, 1.82) is 0 Å². The van der Waals surface area contributed by atoms with Crippen LogP contribution in [0.5, 0.6) is 0 Å². The van der Waals surface area contributed by atoms with E-state index in [-0.39, 0.29) is 31.7 Å². The molecule has 0 fully saturated rings. The van der Waals surface area contributed by atoms with Crippen LogP contribution in [-0.2, 0) is 23.9 Å². The average molecular weight is 274 g/mol. The topological polar surface area (TPSA) is 122 Å². The van der Waals surface area contributed by atoms with E-state index < -0.39 is 23.9 Å². The molecule has 0 unspecified atom stereocenters. The largest absolute Gasteiger partial charge is 0.480 e. The summed E-state index contributed by atoms with van der Waals surface area (Å²) in [5, 5.41) is 13.6. The van der Waals surface area contributed by atoms with E-state index in [1.165, 1.54) is 14.0 Å². The van der Waals surface area contributed by atoms with E-state index in [1.54, 1.807) is 0 Å². The lowest BCUT2D eigenvalue weighted by Crippen LogP contribution is -2.42. The molecular formula is C11H18N2O6. The van der Waals surface area contributed by atoms with Gasteiger partial charge in [-0.3, -0.25) is 14.4 Å². The molecule has 0 aromatic carbocycles. The van der Waals surface area contributed by atoms with Gasteiger partial charge in [0.1, 0.15) is 6.04 Å². The van der Waals surface area contributed by atoms with Crippen LogP contribution in [0.25, 0.3) is 0 Å².